The number of hydrazine groups is 1. The van der Waals surface area contributed by atoms with Crippen LogP contribution in [-0.2, 0) is 19.4 Å². The summed E-state index contributed by atoms with van der Waals surface area (Å²) in [6.07, 6.45) is 0.160. The standard InChI is InChI=1S/C19H25N5O8S/c1-6-31-15(25)10-14-16(24(27)28)18(23(20)19(21-14)33(5,29)30)32-13-8-11(2)7-12(9-13)17(26)22(3)4/h7-9,19H,6,10,20H2,1-5H3. The number of carbonyl (C=O) groups excluding carboxylic acids is 2. The van der Waals surface area contributed by atoms with E-state index in [1.807, 2.05) is 0 Å². The Balaban J connectivity index is 2.65. The van der Waals surface area contributed by atoms with E-state index in [2.05, 4.69) is 4.99 Å². The summed E-state index contributed by atoms with van der Waals surface area (Å²) in [5.74, 6) is 4.04. The van der Waals surface area contributed by atoms with Gasteiger partial charge >= 0.3 is 11.7 Å². The molecule has 0 saturated carbocycles. The first-order valence-electron chi connectivity index (χ1n) is 9.61. The number of rotatable bonds is 8. The number of benzene rings is 1. The molecular formula is C19H25N5O8S. The van der Waals surface area contributed by atoms with Gasteiger partial charge in [0, 0.05) is 25.9 Å². The molecule has 2 rings (SSSR count). The third-order valence-electron chi connectivity index (χ3n) is 4.32. The molecule has 180 valence electrons. The molecule has 0 aromatic heterocycles. The highest BCUT2D eigenvalue weighted by atomic mass is 32.2. The number of nitrogens with zero attached hydrogens (tertiary/aromatic N) is 4. The number of hydrogen-bond acceptors (Lipinski definition) is 11. The summed E-state index contributed by atoms with van der Waals surface area (Å²) in [6.45, 7) is 3.23. The summed E-state index contributed by atoms with van der Waals surface area (Å²) in [5, 5.41) is 12.4. The van der Waals surface area contributed by atoms with Crippen molar-refractivity contribution in [2.45, 2.75) is 25.8 Å². The molecule has 1 aliphatic heterocycles. The summed E-state index contributed by atoms with van der Waals surface area (Å²) < 4.78 is 35.0. The fourth-order valence-electron chi connectivity index (χ4n) is 2.97. The number of hydrogen-bond donors (Lipinski definition) is 1. The van der Waals surface area contributed by atoms with E-state index in [-0.39, 0.29) is 23.8 Å². The maximum absolute atomic E-state index is 12.4. The van der Waals surface area contributed by atoms with E-state index in [1.165, 1.54) is 17.0 Å². The van der Waals surface area contributed by atoms with Crippen molar-refractivity contribution in [3.05, 3.63) is 51.0 Å². The second-order valence-electron chi connectivity index (χ2n) is 7.37. The van der Waals surface area contributed by atoms with Crippen LogP contribution in [0.2, 0.25) is 0 Å². The largest absolute Gasteiger partial charge is 0.466 e. The van der Waals surface area contributed by atoms with Crippen molar-refractivity contribution in [3.8, 4) is 5.75 Å². The summed E-state index contributed by atoms with van der Waals surface area (Å²) >= 11 is 0. The molecule has 0 radical (unpaired) electrons. The lowest BCUT2D eigenvalue weighted by Gasteiger charge is -2.30. The minimum atomic E-state index is -4.01. The van der Waals surface area contributed by atoms with E-state index in [0.717, 1.165) is 6.26 Å². The Labute approximate surface area is 190 Å². The number of sulfone groups is 1. The second-order valence-corrected chi connectivity index (χ2v) is 9.45. The number of ether oxygens (including phenoxy) is 2. The molecule has 13 nitrogen and oxygen atoms in total. The SMILES string of the molecule is CCOC(=O)CC1=NC(S(C)(=O)=O)N(N)C(Oc2cc(C)cc(C(=O)N(C)C)c2)=C1[N+](=O)[O-]. The molecule has 1 atom stereocenters. The zero-order valence-electron chi connectivity index (χ0n) is 18.8. The predicted octanol–water partition coefficient (Wildman–Crippen LogP) is 0.433. The van der Waals surface area contributed by atoms with Gasteiger partial charge in [0.25, 0.3) is 11.8 Å². The van der Waals surface area contributed by atoms with E-state index in [1.54, 1.807) is 34.0 Å². The maximum atomic E-state index is 12.4. The Morgan fingerprint density at radius 2 is 1.94 bits per heavy atom. The third-order valence-corrected chi connectivity index (χ3v) is 5.41. The Morgan fingerprint density at radius 3 is 2.45 bits per heavy atom. The van der Waals surface area contributed by atoms with Gasteiger partial charge < -0.3 is 14.4 Å². The van der Waals surface area contributed by atoms with Crippen molar-refractivity contribution in [2.75, 3.05) is 27.0 Å². The van der Waals surface area contributed by atoms with Gasteiger partial charge in [0.1, 0.15) is 11.5 Å². The molecule has 1 aromatic rings. The highest BCUT2D eigenvalue weighted by Crippen LogP contribution is 2.28. The van der Waals surface area contributed by atoms with Crippen LogP contribution in [0.25, 0.3) is 0 Å². The summed E-state index contributed by atoms with van der Waals surface area (Å²) in [7, 11) is -0.904. The molecule has 0 bridgehead atoms. The third kappa shape index (κ3) is 6.04. The van der Waals surface area contributed by atoms with Crippen LogP contribution in [0.5, 0.6) is 5.75 Å². The molecule has 33 heavy (non-hydrogen) atoms. The topological polar surface area (TPSA) is 175 Å². The number of nitrogens with two attached hydrogens (primary N) is 1. The average Bonchev–Trinajstić information content (AvgIpc) is 2.68. The molecule has 2 N–H and O–H groups in total. The lowest BCUT2D eigenvalue weighted by Crippen LogP contribution is -2.50. The smallest absolute Gasteiger partial charge is 0.352 e. The van der Waals surface area contributed by atoms with Crippen molar-refractivity contribution in [1.29, 1.82) is 0 Å². The van der Waals surface area contributed by atoms with E-state index < -0.39 is 49.9 Å². The zero-order valence-corrected chi connectivity index (χ0v) is 19.6. The second kappa shape index (κ2) is 9.95. The molecule has 1 unspecified atom stereocenters. The number of aryl methyl sites for hydroxylation is 1. The molecule has 0 saturated heterocycles. The average molecular weight is 484 g/mol. The fourth-order valence-corrected chi connectivity index (χ4v) is 3.79. The highest BCUT2D eigenvalue weighted by Gasteiger charge is 2.43. The van der Waals surface area contributed by atoms with E-state index in [4.69, 9.17) is 15.3 Å². The van der Waals surface area contributed by atoms with Gasteiger partial charge in [-0.2, -0.15) is 0 Å². The van der Waals surface area contributed by atoms with Crippen LogP contribution >= 0.6 is 0 Å². The van der Waals surface area contributed by atoms with Gasteiger partial charge in [0.2, 0.25) is 5.50 Å². The van der Waals surface area contributed by atoms with E-state index in [9.17, 15) is 28.1 Å². The van der Waals surface area contributed by atoms with Gasteiger partial charge in [0.05, 0.1) is 18.0 Å². The van der Waals surface area contributed by atoms with Crippen molar-refractivity contribution in [2.24, 2.45) is 10.8 Å². The van der Waals surface area contributed by atoms with Crippen LogP contribution in [0.15, 0.2) is 34.8 Å². The van der Waals surface area contributed by atoms with Gasteiger partial charge in [-0.1, -0.05) is 0 Å². The zero-order chi connectivity index (χ0) is 25.1. The minimum absolute atomic E-state index is 0.00497. The molecule has 1 amide bonds. The number of allylic oxidation sites excluding steroid dienone is 1. The van der Waals surface area contributed by atoms with E-state index in [0.29, 0.717) is 10.6 Å². The van der Waals surface area contributed by atoms with Crippen LogP contribution < -0.4 is 10.6 Å². The summed E-state index contributed by atoms with van der Waals surface area (Å²) in [4.78, 5) is 40.5. The molecule has 0 fully saturated rings. The first-order chi connectivity index (χ1) is 15.3. The molecule has 1 heterocycles. The lowest BCUT2D eigenvalue weighted by molar-refractivity contribution is -0.419. The van der Waals surface area contributed by atoms with Gasteiger partial charge in [-0.05, 0) is 37.6 Å². The van der Waals surface area contributed by atoms with Crippen molar-refractivity contribution < 1.29 is 32.4 Å². The fraction of sp³-hybridized carbons (Fsp3) is 0.421. The first kappa shape index (κ1) is 25.7. The van der Waals surface area contributed by atoms with Crippen molar-refractivity contribution >= 4 is 27.4 Å². The first-order valence-corrected chi connectivity index (χ1v) is 11.6. The highest BCUT2D eigenvalue weighted by molar-refractivity contribution is 7.91. The quantitative estimate of drug-likeness (QED) is 0.236. The monoisotopic (exact) mass is 483 g/mol. The van der Waals surface area contributed by atoms with Crippen LogP contribution in [0, 0.1) is 17.0 Å². The van der Waals surface area contributed by atoms with Gasteiger partial charge in [0.15, 0.2) is 9.84 Å². The van der Waals surface area contributed by atoms with Crippen LogP contribution in [-0.4, -0.2) is 73.3 Å². The number of aliphatic imine (C=N–C) groups is 1. The molecule has 1 aliphatic rings. The molecule has 0 aliphatic carbocycles. The minimum Gasteiger partial charge on any atom is -0.466 e. The molecule has 0 spiro atoms. The summed E-state index contributed by atoms with van der Waals surface area (Å²) in [5.41, 5.74) is -2.22. The van der Waals surface area contributed by atoms with Crippen LogP contribution in [0.1, 0.15) is 29.3 Å². The van der Waals surface area contributed by atoms with Crippen LogP contribution in [0.4, 0.5) is 0 Å². The molecular weight excluding hydrogens is 458 g/mol. The normalized spacial score (nSPS) is 16.2. The van der Waals surface area contributed by atoms with Gasteiger partial charge in [-0.15, -0.1) is 0 Å². The van der Waals surface area contributed by atoms with Gasteiger partial charge in [-0.25, -0.2) is 24.3 Å². The lowest BCUT2D eigenvalue weighted by atomic mass is 10.1. The molecule has 14 heteroatoms. The number of amides is 1. The van der Waals surface area contributed by atoms with Crippen molar-refractivity contribution in [1.82, 2.24) is 9.91 Å². The number of esters is 1. The predicted molar refractivity (Wildman–Crippen MR) is 117 cm³/mol. The van der Waals surface area contributed by atoms with Crippen LogP contribution in [0.3, 0.4) is 0 Å². The number of carbonyl (C=O) groups is 2. The molecule has 1 aromatic carbocycles. The Morgan fingerprint density at radius 1 is 1.30 bits per heavy atom. The summed E-state index contributed by atoms with van der Waals surface area (Å²) in [6, 6.07) is 4.41. The Bertz CT molecular complexity index is 1140. The van der Waals surface area contributed by atoms with Gasteiger partial charge in [-0.3, -0.25) is 19.7 Å². The Kier molecular flexibility index (Phi) is 7.76. The Hall–Kier alpha value is -3.52. The number of nitro groups is 1. The maximum Gasteiger partial charge on any atom is 0.352 e. The van der Waals surface area contributed by atoms with Crippen molar-refractivity contribution in [3.63, 3.8) is 0 Å². The van der Waals surface area contributed by atoms with E-state index >= 15 is 0 Å².